The van der Waals surface area contributed by atoms with Gasteiger partial charge in [-0.3, -0.25) is 19.2 Å². The average Bonchev–Trinajstić information content (AvgIpc) is 3.90. The second kappa shape index (κ2) is 15.8. The Balaban J connectivity index is 1.33. The van der Waals surface area contributed by atoms with Crippen molar-refractivity contribution in [3.05, 3.63) is 85.5 Å². The van der Waals surface area contributed by atoms with Crippen molar-refractivity contribution in [2.45, 2.75) is 82.5 Å². The highest BCUT2D eigenvalue weighted by molar-refractivity contribution is 5.98. The summed E-state index contributed by atoms with van der Waals surface area (Å²) in [5, 5.41) is 22.1. The van der Waals surface area contributed by atoms with Crippen LogP contribution in [0.2, 0.25) is 0 Å². The van der Waals surface area contributed by atoms with E-state index in [1.165, 1.54) is 4.90 Å². The topological polar surface area (TPSA) is 156 Å². The number of aliphatic hydroxyl groups is 1. The maximum Gasteiger partial charge on any atom is 0.313 e. The largest absolute Gasteiger partial charge is 0.455 e. The first-order valence-corrected chi connectivity index (χ1v) is 18.0. The Bertz CT molecular complexity index is 1800. The number of nitrogens with zero attached hydrogens (tertiary/aromatic N) is 5. The molecule has 2 N–H and O–H groups in total. The quantitative estimate of drug-likeness (QED) is 0.158. The molecule has 3 fully saturated rings. The molecule has 13 nitrogen and oxygen atoms in total. The summed E-state index contributed by atoms with van der Waals surface area (Å²) in [6, 6.07) is 14.7. The first kappa shape index (κ1) is 36.9. The fourth-order valence-corrected chi connectivity index (χ4v) is 8.22. The van der Waals surface area contributed by atoms with E-state index >= 15 is 0 Å². The predicted octanol–water partition coefficient (Wildman–Crippen LogP) is 3.55. The van der Waals surface area contributed by atoms with Crippen LogP contribution in [-0.2, 0) is 35.3 Å². The first-order valence-electron chi connectivity index (χ1n) is 18.0. The molecule has 2 bridgehead atoms. The smallest absolute Gasteiger partial charge is 0.313 e. The zero-order valence-corrected chi connectivity index (χ0v) is 29.8. The van der Waals surface area contributed by atoms with Gasteiger partial charge in [-0.05, 0) is 49.3 Å². The van der Waals surface area contributed by atoms with Crippen LogP contribution in [0, 0.1) is 17.8 Å². The van der Waals surface area contributed by atoms with Gasteiger partial charge in [-0.1, -0.05) is 73.7 Å². The van der Waals surface area contributed by atoms with E-state index in [0.29, 0.717) is 36.8 Å². The molecule has 52 heavy (non-hydrogen) atoms. The molecule has 0 saturated carbocycles. The first-order chi connectivity index (χ1) is 25.1. The molecule has 3 aromatic rings. The van der Waals surface area contributed by atoms with Crippen molar-refractivity contribution in [1.82, 2.24) is 30.1 Å². The Hall–Kier alpha value is -4.88. The van der Waals surface area contributed by atoms with E-state index in [1.807, 2.05) is 68.4 Å². The summed E-state index contributed by atoms with van der Waals surface area (Å²) in [7, 11) is 0. The Morgan fingerprint density at radius 2 is 1.88 bits per heavy atom. The number of fused-ring (bicyclic) bond motifs is 2. The van der Waals surface area contributed by atoms with Crippen LogP contribution in [0.25, 0.3) is 11.0 Å². The van der Waals surface area contributed by atoms with Crippen LogP contribution in [0.1, 0.15) is 57.6 Å². The molecule has 0 unspecified atom stereocenters. The number of carbonyl (C=O) groups is 4. The molecular weight excluding hydrogens is 664 g/mol. The summed E-state index contributed by atoms with van der Waals surface area (Å²) < 4.78 is 14.5. The van der Waals surface area contributed by atoms with Gasteiger partial charge < -0.3 is 29.7 Å². The number of esters is 1. The third-order valence-corrected chi connectivity index (χ3v) is 10.5. The van der Waals surface area contributed by atoms with Crippen LogP contribution >= 0.6 is 0 Å². The van der Waals surface area contributed by atoms with Crippen LogP contribution < -0.4 is 5.32 Å². The minimum atomic E-state index is -1.32. The van der Waals surface area contributed by atoms with Gasteiger partial charge in [-0.2, -0.15) is 0 Å². The average molecular weight is 713 g/mol. The maximum absolute atomic E-state index is 14.9. The number of likely N-dealkylation sites (tertiary alicyclic amines) is 1. The summed E-state index contributed by atoms with van der Waals surface area (Å²) in [4.78, 5) is 59.6. The molecule has 4 heterocycles. The molecular formula is C39H48N6O7. The zero-order chi connectivity index (χ0) is 37.0. The Labute approximate surface area is 303 Å². The number of para-hydroxylation sites is 1. The van der Waals surface area contributed by atoms with Crippen molar-refractivity contribution in [2.24, 2.45) is 17.8 Å². The maximum atomic E-state index is 14.9. The molecule has 13 heteroatoms. The van der Waals surface area contributed by atoms with Crippen molar-refractivity contribution in [3.8, 4) is 0 Å². The van der Waals surface area contributed by atoms with E-state index in [1.54, 1.807) is 21.7 Å². The summed E-state index contributed by atoms with van der Waals surface area (Å²) in [5.74, 6) is -3.55. The van der Waals surface area contributed by atoms with Gasteiger partial charge in [0, 0.05) is 13.0 Å². The third kappa shape index (κ3) is 6.99. The monoisotopic (exact) mass is 712 g/mol. The zero-order valence-electron chi connectivity index (χ0n) is 29.8. The number of ether oxygens (including phenoxy) is 2. The molecule has 6 rings (SSSR count). The molecule has 0 aliphatic carbocycles. The standard InChI is InChI=1S/C39H48N6O7/c1-5-7-17-32(47)40-22-31(26-13-9-8-10-14-26)51-38(50)33-30-18-19-39(52-30)34(33)36(48)45(27(23-46)21-25(3)4)35(39)37(49)43(20-6-2)24-44-29-16-12-11-15-28(29)41-42-44/h5-6,8-16,25,27,30-31,33-35,46H,1-2,7,17-24H2,3-4H3,(H,40,47)/t27-,30-,31+,33+,34+,35-,39+/m1/s1. The summed E-state index contributed by atoms with van der Waals surface area (Å²) in [6.07, 6.45) is 3.81. The number of benzene rings is 2. The Kier molecular flexibility index (Phi) is 11.2. The normalized spacial score (nSPS) is 24.5. The molecule has 3 saturated heterocycles. The Morgan fingerprint density at radius 1 is 1.13 bits per heavy atom. The number of hydrogen-bond donors (Lipinski definition) is 2. The third-order valence-electron chi connectivity index (χ3n) is 10.5. The van der Waals surface area contributed by atoms with E-state index in [0.717, 1.165) is 5.52 Å². The molecule has 3 amide bonds. The van der Waals surface area contributed by atoms with Crippen LogP contribution in [0.3, 0.4) is 0 Å². The van der Waals surface area contributed by atoms with Crippen molar-refractivity contribution in [1.29, 1.82) is 0 Å². The molecule has 2 aromatic carbocycles. The number of rotatable bonds is 17. The van der Waals surface area contributed by atoms with Crippen LogP contribution in [0.15, 0.2) is 79.9 Å². The van der Waals surface area contributed by atoms with E-state index in [2.05, 4.69) is 28.8 Å². The van der Waals surface area contributed by atoms with Gasteiger partial charge in [-0.15, -0.1) is 18.3 Å². The van der Waals surface area contributed by atoms with Crippen molar-refractivity contribution >= 4 is 34.7 Å². The number of amides is 3. The van der Waals surface area contributed by atoms with Gasteiger partial charge in [0.1, 0.15) is 29.9 Å². The fourth-order valence-electron chi connectivity index (χ4n) is 8.22. The summed E-state index contributed by atoms with van der Waals surface area (Å²) in [5.41, 5.74) is 0.770. The van der Waals surface area contributed by atoms with Crippen LogP contribution in [0.5, 0.6) is 0 Å². The van der Waals surface area contributed by atoms with E-state index in [-0.39, 0.29) is 44.6 Å². The summed E-state index contributed by atoms with van der Waals surface area (Å²) in [6.45, 7) is 11.4. The molecule has 3 aliphatic rings. The van der Waals surface area contributed by atoms with Gasteiger partial charge in [0.25, 0.3) is 0 Å². The van der Waals surface area contributed by atoms with Gasteiger partial charge in [0.2, 0.25) is 17.7 Å². The van der Waals surface area contributed by atoms with Gasteiger partial charge in [0.05, 0.1) is 42.6 Å². The predicted molar refractivity (Wildman–Crippen MR) is 192 cm³/mol. The van der Waals surface area contributed by atoms with Crippen molar-refractivity contribution in [2.75, 3.05) is 19.7 Å². The van der Waals surface area contributed by atoms with Gasteiger partial charge in [-0.25, -0.2) is 4.68 Å². The molecule has 1 spiro atoms. The molecule has 1 aromatic heterocycles. The summed E-state index contributed by atoms with van der Waals surface area (Å²) >= 11 is 0. The molecule has 0 radical (unpaired) electrons. The number of carbonyl (C=O) groups excluding carboxylic acids is 4. The van der Waals surface area contributed by atoms with Crippen LogP contribution in [-0.4, -0.2) is 97.1 Å². The lowest BCUT2D eigenvalue weighted by atomic mass is 9.70. The lowest BCUT2D eigenvalue weighted by molar-refractivity contribution is -0.161. The van der Waals surface area contributed by atoms with Gasteiger partial charge >= 0.3 is 5.97 Å². The van der Waals surface area contributed by atoms with E-state index in [4.69, 9.17) is 9.47 Å². The minimum Gasteiger partial charge on any atom is -0.455 e. The van der Waals surface area contributed by atoms with Crippen LogP contribution in [0.4, 0.5) is 0 Å². The lowest BCUT2D eigenvalue weighted by Crippen LogP contribution is -2.59. The van der Waals surface area contributed by atoms with Gasteiger partial charge in [0.15, 0.2) is 0 Å². The highest BCUT2D eigenvalue weighted by atomic mass is 16.6. The molecule has 7 atom stereocenters. The Morgan fingerprint density at radius 3 is 2.60 bits per heavy atom. The second-order valence-electron chi connectivity index (χ2n) is 14.3. The molecule has 276 valence electrons. The van der Waals surface area contributed by atoms with E-state index < -0.39 is 59.5 Å². The minimum absolute atomic E-state index is 0.0325. The SMILES string of the molecule is C=CCCC(=O)NC[C@H](OC(=O)[C@@H]1[C@H]2C(=O)N([C@@H](CO)CC(C)C)[C@H](C(=O)N(CC=C)Cn3nnc4ccccc43)[C@]23CC[C@H]1O3)c1ccccc1. The molecule has 3 aliphatic heterocycles. The van der Waals surface area contributed by atoms with Crippen molar-refractivity contribution in [3.63, 3.8) is 0 Å². The second-order valence-corrected chi connectivity index (χ2v) is 14.3. The fraction of sp³-hybridized carbons (Fsp3) is 0.487. The number of aliphatic hydroxyl groups excluding tert-OH is 1. The lowest BCUT2D eigenvalue weighted by Gasteiger charge is -2.39. The number of hydrogen-bond acceptors (Lipinski definition) is 9. The number of allylic oxidation sites excluding steroid dienone is 1. The number of aromatic nitrogens is 3. The van der Waals surface area contributed by atoms with E-state index in [9.17, 15) is 24.3 Å². The number of nitrogens with one attached hydrogen (secondary N) is 1. The highest BCUT2D eigenvalue weighted by Gasteiger charge is 2.75. The highest BCUT2D eigenvalue weighted by Crippen LogP contribution is 2.59. The van der Waals surface area contributed by atoms with Crippen molar-refractivity contribution < 1.29 is 33.8 Å².